The van der Waals surface area contributed by atoms with Gasteiger partial charge in [-0.15, -0.1) is 0 Å². The molecule has 26 heavy (non-hydrogen) atoms. The topological polar surface area (TPSA) is 49.4 Å². The molecule has 4 rings (SSSR count). The minimum absolute atomic E-state index is 0.0212. The number of benzene rings is 2. The summed E-state index contributed by atoms with van der Waals surface area (Å²) in [6.07, 6.45) is 1.40. The van der Waals surface area contributed by atoms with Crippen molar-refractivity contribution >= 4 is 46.4 Å². The van der Waals surface area contributed by atoms with Crippen molar-refractivity contribution < 1.29 is 9.59 Å². The number of carbonyl (C=O) groups excluding carboxylic acids is 2. The van der Waals surface area contributed by atoms with E-state index in [4.69, 9.17) is 23.2 Å². The van der Waals surface area contributed by atoms with E-state index in [2.05, 4.69) is 11.4 Å². The van der Waals surface area contributed by atoms with Gasteiger partial charge < -0.3 is 10.2 Å². The van der Waals surface area contributed by atoms with Crippen LogP contribution in [0.15, 0.2) is 42.5 Å². The normalized spacial score (nSPS) is 23.5. The molecule has 1 aliphatic heterocycles. The Hall–Kier alpha value is -2.04. The van der Waals surface area contributed by atoms with Crippen LogP contribution >= 0.6 is 23.2 Å². The van der Waals surface area contributed by atoms with Crippen molar-refractivity contribution in [1.82, 2.24) is 0 Å². The molecule has 2 amide bonds. The SMILES string of the molecule is CC1Cc2ccccc2N1C(=O)C1CC1C(=O)Nc1c(Cl)cccc1Cl. The van der Waals surface area contributed by atoms with Gasteiger partial charge in [-0.3, -0.25) is 9.59 Å². The predicted octanol–water partition coefficient (Wildman–Crippen LogP) is 4.55. The summed E-state index contributed by atoms with van der Waals surface area (Å²) in [5.41, 5.74) is 2.54. The van der Waals surface area contributed by atoms with Crippen molar-refractivity contribution in [1.29, 1.82) is 0 Å². The van der Waals surface area contributed by atoms with Crippen LogP contribution in [0.2, 0.25) is 10.0 Å². The van der Waals surface area contributed by atoms with Crippen LogP contribution in [0.25, 0.3) is 0 Å². The van der Waals surface area contributed by atoms with Crippen LogP contribution < -0.4 is 10.2 Å². The molecule has 1 aliphatic carbocycles. The number of nitrogens with one attached hydrogen (secondary N) is 1. The van der Waals surface area contributed by atoms with Crippen LogP contribution in [0.5, 0.6) is 0 Å². The summed E-state index contributed by atoms with van der Waals surface area (Å²) in [6.45, 7) is 2.04. The van der Waals surface area contributed by atoms with E-state index < -0.39 is 0 Å². The maximum atomic E-state index is 13.0. The number of amides is 2. The maximum Gasteiger partial charge on any atom is 0.231 e. The van der Waals surface area contributed by atoms with Crippen molar-refractivity contribution in [2.45, 2.75) is 25.8 Å². The number of hydrogen-bond donors (Lipinski definition) is 1. The van der Waals surface area contributed by atoms with Crippen LogP contribution in [0.3, 0.4) is 0 Å². The van der Waals surface area contributed by atoms with Crippen LogP contribution in [0.1, 0.15) is 18.9 Å². The molecule has 3 unspecified atom stereocenters. The molecule has 1 heterocycles. The third kappa shape index (κ3) is 2.97. The van der Waals surface area contributed by atoms with E-state index in [1.165, 1.54) is 5.56 Å². The van der Waals surface area contributed by atoms with Crippen LogP contribution in [0, 0.1) is 11.8 Å². The second-order valence-electron chi connectivity index (χ2n) is 6.92. The van der Waals surface area contributed by atoms with Crippen molar-refractivity contribution in [2.24, 2.45) is 11.8 Å². The molecule has 0 bridgehead atoms. The minimum Gasteiger partial charge on any atom is -0.323 e. The fourth-order valence-electron chi connectivity index (χ4n) is 3.67. The van der Waals surface area contributed by atoms with Gasteiger partial charge in [0, 0.05) is 11.7 Å². The molecule has 2 aromatic rings. The third-order valence-corrected chi connectivity index (χ3v) is 5.73. The van der Waals surface area contributed by atoms with Crippen molar-refractivity contribution in [3.8, 4) is 0 Å². The largest absolute Gasteiger partial charge is 0.323 e. The van der Waals surface area contributed by atoms with Gasteiger partial charge >= 0.3 is 0 Å². The molecule has 1 saturated carbocycles. The average Bonchev–Trinajstić information content (AvgIpc) is 3.34. The van der Waals surface area contributed by atoms with Gasteiger partial charge in [-0.1, -0.05) is 47.5 Å². The quantitative estimate of drug-likeness (QED) is 0.838. The van der Waals surface area contributed by atoms with Crippen molar-refractivity contribution in [3.63, 3.8) is 0 Å². The van der Waals surface area contributed by atoms with E-state index in [-0.39, 0.29) is 29.7 Å². The van der Waals surface area contributed by atoms with E-state index in [1.54, 1.807) is 18.2 Å². The number of fused-ring (bicyclic) bond motifs is 1. The molecule has 6 heteroatoms. The number of carbonyl (C=O) groups is 2. The Morgan fingerprint density at radius 3 is 2.46 bits per heavy atom. The first-order valence-electron chi connectivity index (χ1n) is 8.63. The Kier molecular flexibility index (Phi) is 4.41. The van der Waals surface area contributed by atoms with Crippen LogP contribution in [0.4, 0.5) is 11.4 Å². The number of nitrogens with zero attached hydrogens (tertiary/aromatic N) is 1. The van der Waals surface area contributed by atoms with Gasteiger partial charge in [0.15, 0.2) is 0 Å². The van der Waals surface area contributed by atoms with E-state index >= 15 is 0 Å². The number of rotatable bonds is 3. The maximum absolute atomic E-state index is 13.0. The summed E-state index contributed by atoms with van der Waals surface area (Å²) >= 11 is 12.2. The van der Waals surface area contributed by atoms with Crippen molar-refractivity contribution in [2.75, 3.05) is 10.2 Å². The first-order chi connectivity index (χ1) is 12.5. The molecule has 2 aromatic carbocycles. The van der Waals surface area contributed by atoms with Gasteiger partial charge in [-0.05, 0) is 43.5 Å². The molecule has 0 aromatic heterocycles. The van der Waals surface area contributed by atoms with Gasteiger partial charge in [0.25, 0.3) is 0 Å². The summed E-state index contributed by atoms with van der Waals surface area (Å²) in [4.78, 5) is 27.4. The lowest BCUT2D eigenvalue weighted by atomic mass is 10.1. The predicted molar refractivity (Wildman–Crippen MR) is 104 cm³/mol. The van der Waals surface area contributed by atoms with Crippen LogP contribution in [-0.2, 0) is 16.0 Å². The van der Waals surface area contributed by atoms with Gasteiger partial charge in [-0.25, -0.2) is 0 Å². The lowest BCUT2D eigenvalue weighted by molar-refractivity contribution is -0.123. The van der Waals surface area contributed by atoms with Gasteiger partial charge in [0.2, 0.25) is 11.8 Å². The minimum atomic E-state index is -0.338. The molecule has 0 spiro atoms. The van der Waals surface area contributed by atoms with E-state index in [0.717, 1.165) is 12.1 Å². The Balaban J connectivity index is 1.47. The van der Waals surface area contributed by atoms with E-state index in [9.17, 15) is 9.59 Å². The smallest absolute Gasteiger partial charge is 0.231 e. The fraction of sp³-hybridized carbons (Fsp3) is 0.300. The zero-order chi connectivity index (χ0) is 18.4. The molecule has 4 nitrogen and oxygen atoms in total. The standard InChI is InChI=1S/C20H18Cl2N2O2/c1-11-9-12-5-2-3-8-17(12)24(11)20(26)14-10-13(14)19(25)23-18-15(21)6-4-7-16(18)22/h2-8,11,13-14H,9-10H2,1H3,(H,23,25). The monoisotopic (exact) mass is 388 g/mol. The fourth-order valence-corrected chi connectivity index (χ4v) is 4.16. The zero-order valence-electron chi connectivity index (χ0n) is 14.2. The van der Waals surface area contributed by atoms with Gasteiger partial charge in [-0.2, -0.15) is 0 Å². The average molecular weight is 389 g/mol. The summed E-state index contributed by atoms with van der Waals surface area (Å²) in [5, 5.41) is 3.54. The molecule has 0 saturated heterocycles. The highest BCUT2D eigenvalue weighted by Gasteiger charge is 2.51. The zero-order valence-corrected chi connectivity index (χ0v) is 15.7. The van der Waals surface area contributed by atoms with E-state index in [1.807, 2.05) is 30.0 Å². The summed E-state index contributed by atoms with van der Waals surface area (Å²) in [6, 6.07) is 13.1. The lowest BCUT2D eigenvalue weighted by Crippen LogP contribution is -2.37. The highest BCUT2D eigenvalue weighted by atomic mass is 35.5. The Labute approximate surface area is 162 Å². The van der Waals surface area contributed by atoms with E-state index in [0.29, 0.717) is 22.2 Å². The first-order valence-corrected chi connectivity index (χ1v) is 9.39. The number of hydrogen-bond acceptors (Lipinski definition) is 2. The summed E-state index contributed by atoms with van der Waals surface area (Å²) in [5.74, 6) is -0.814. The number of halogens is 2. The number of anilines is 2. The molecule has 134 valence electrons. The molecular weight excluding hydrogens is 371 g/mol. The number of para-hydroxylation sites is 2. The van der Waals surface area contributed by atoms with Gasteiger partial charge in [0.05, 0.1) is 27.6 Å². The molecule has 0 radical (unpaired) electrons. The summed E-state index contributed by atoms with van der Waals surface area (Å²) < 4.78 is 0. The molecule has 1 N–H and O–H groups in total. The third-order valence-electron chi connectivity index (χ3n) is 5.10. The Morgan fingerprint density at radius 1 is 1.04 bits per heavy atom. The van der Waals surface area contributed by atoms with Crippen molar-refractivity contribution in [3.05, 3.63) is 58.1 Å². The van der Waals surface area contributed by atoms with Gasteiger partial charge in [0.1, 0.15) is 0 Å². The molecule has 3 atom stereocenters. The summed E-state index contributed by atoms with van der Waals surface area (Å²) in [7, 11) is 0. The molecule has 2 aliphatic rings. The molecule has 1 fully saturated rings. The highest BCUT2D eigenvalue weighted by Crippen LogP contribution is 2.44. The second kappa shape index (κ2) is 6.60. The molecular formula is C20H18Cl2N2O2. The second-order valence-corrected chi connectivity index (χ2v) is 7.74. The lowest BCUT2D eigenvalue weighted by Gasteiger charge is -2.23. The Morgan fingerprint density at radius 2 is 1.73 bits per heavy atom. The first kappa shape index (κ1) is 17.4. The van der Waals surface area contributed by atoms with Crippen LogP contribution in [-0.4, -0.2) is 17.9 Å². The highest BCUT2D eigenvalue weighted by molar-refractivity contribution is 6.39. The Bertz CT molecular complexity index is 879.